The molecule has 0 heterocycles. The van der Waals surface area contributed by atoms with Crippen molar-refractivity contribution >= 4 is 21.9 Å². The van der Waals surface area contributed by atoms with E-state index in [-0.39, 0.29) is 5.97 Å². The van der Waals surface area contributed by atoms with Crippen molar-refractivity contribution in [3.63, 3.8) is 0 Å². The fourth-order valence-corrected chi connectivity index (χ4v) is 3.68. The van der Waals surface area contributed by atoms with E-state index in [0.717, 1.165) is 10.4 Å². The second-order valence-electron chi connectivity index (χ2n) is 5.79. The predicted molar refractivity (Wildman–Crippen MR) is 85.1 cm³/mol. The van der Waals surface area contributed by atoms with Crippen molar-refractivity contribution in [3.8, 4) is 5.75 Å². The van der Waals surface area contributed by atoms with Crippen molar-refractivity contribution in [2.45, 2.75) is 58.3 Å². The third kappa shape index (κ3) is 4.08. The van der Waals surface area contributed by atoms with Crippen LogP contribution in [0.4, 0.5) is 0 Å². The van der Waals surface area contributed by atoms with Crippen LogP contribution in [0.2, 0.25) is 0 Å². The smallest absolute Gasteiger partial charge is 0.308 e. The average Bonchev–Trinajstić information content (AvgIpc) is 2.42. The quantitative estimate of drug-likeness (QED) is 0.539. The fourth-order valence-electron chi connectivity index (χ4n) is 3.20. The summed E-state index contributed by atoms with van der Waals surface area (Å²) in [6.07, 6.45) is 7.94. The minimum Gasteiger partial charge on any atom is -0.426 e. The molecule has 0 aromatic heterocycles. The summed E-state index contributed by atoms with van der Waals surface area (Å²) in [5.74, 6) is 1.92. The molecule has 3 heteroatoms. The van der Waals surface area contributed by atoms with Crippen molar-refractivity contribution < 1.29 is 9.53 Å². The molecule has 0 spiro atoms. The number of hydrogen-bond donors (Lipinski definition) is 0. The van der Waals surface area contributed by atoms with Crippen LogP contribution in [-0.4, -0.2) is 5.97 Å². The second kappa shape index (κ2) is 7.26. The molecule has 1 aromatic rings. The van der Waals surface area contributed by atoms with Crippen LogP contribution in [0, 0.1) is 5.92 Å². The lowest BCUT2D eigenvalue weighted by Gasteiger charge is -2.28. The highest BCUT2D eigenvalue weighted by atomic mass is 79.9. The number of hydrogen-bond acceptors (Lipinski definition) is 2. The molecule has 0 bridgehead atoms. The first-order valence-electron chi connectivity index (χ1n) is 7.58. The number of carbonyl (C=O) groups is 1. The van der Waals surface area contributed by atoms with Crippen LogP contribution in [0.3, 0.4) is 0 Å². The first kappa shape index (κ1) is 15.6. The van der Waals surface area contributed by atoms with E-state index < -0.39 is 0 Å². The molecule has 0 aliphatic heterocycles. The molecule has 0 amide bonds. The summed E-state index contributed by atoms with van der Waals surface area (Å²) < 4.78 is 6.03. The third-order valence-electron chi connectivity index (χ3n) is 4.22. The van der Waals surface area contributed by atoms with Crippen LogP contribution in [0.1, 0.15) is 63.9 Å². The Balaban J connectivity index is 2.00. The van der Waals surface area contributed by atoms with Gasteiger partial charge in [0.15, 0.2) is 0 Å². The molecule has 1 saturated carbocycles. The van der Waals surface area contributed by atoms with Gasteiger partial charge in [0.1, 0.15) is 5.75 Å². The summed E-state index contributed by atoms with van der Waals surface area (Å²) >= 11 is 3.50. The first-order valence-corrected chi connectivity index (χ1v) is 8.37. The highest BCUT2D eigenvalue weighted by Gasteiger charge is 2.22. The maximum Gasteiger partial charge on any atom is 0.308 e. The second-order valence-corrected chi connectivity index (χ2v) is 6.64. The van der Waals surface area contributed by atoms with E-state index in [9.17, 15) is 4.79 Å². The molecule has 1 aromatic carbocycles. The molecule has 0 unspecified atom stereocenters. The molecule has 110 valence electrons. The van der Waals surface area contributed by atoms with E-state index >= 15 is 0 Å². The Kier molecular flexibility index (Phi) is 5.64. The number of benzene rings is 1. The summed E-state index contributed by atoms with van der Waals surface area (Å²) in [5, 5.41) is 0. The maximum atomic E-state index is 11.0. The van der Waals surface area contributed by atoms with E-state index in [2.05, 4.69) is 35.0 Å². The van der Waals surface area contributed by atoms with Crippen molar-refractivity contribution in [2.24, 2.45) is 5.92 Å². The minimum absolute atomic E-state index is 0.279. The Bertz CT molecular complexity index is 462. The fraction of sp³-hybridized carbons (Fsp3) is 0.588. The van der Waals surface area contributed by atoms with Crippen molar-refractivity contribution in [1.29, 1.82) is 0 Å². The van der Waals surface area contributed by atoms with Crippen molar-refractivity contribution in [1.82, 2.24) is 0 Å². The molecule has 1 aliphatic rings. The van der Waals surface area contributed by atoms with E-state index in [1.54, 1.807) is 0 Å². The zero-order valence-electron chi connectivity index (χ0n) is 12.3. The van der Waals surface area contributed by atoms with Gasteiger partial charge < -0.3 is 4.74 Å². The van der Waals surface area contributed by atoms with Crippen LogP contribution in [0.15, 0.2) is 22.7 Å². The summed E-state index contributed by atoms with van der Waals surface area (Å²) in [7, 11) is 0. The van der Waals surface area contributed by atoms with Gasteiger partial charge in [0.25, 0.3) is 0 Å². The normalized spacial score (nSPS) is 22.6. The molecule has 0 atom stereocenters. The first-order chi connectivity index (χ1) is 9.60. The zero-order valence-corrected chi connectivity index (χ0v) is 13.9. The van der Waals surface area contributed by atoms with Crippen LogP contribution in [0.5, 0.6) is 5.75 Å². The van der Waals surface area contributed by atoms with Gasteiger partial charge in [0, 0.05) is 6.92 Å². The van der Waals surface area contributed by atoms with E-state index in [0.29, 0.717) is 11.7 Å². The van der Waals surface area contributed by atoms with E-state index in [4.69, 9.17) is 4.74 Å². The van der Waals surface area contributed by atoms with Gasteiger partial charge >= 0.3 is 5.97 Å². The molecule has 2 rings (SSSR count). The lowest BCUT2D eigenvalue weighted by molar-refractivity contribution is -0.131. The monoisotopic (exact) mass is 338 g/mol. The van der Waals surface area contributed by atoms with Crippen LogP contribution < -0.4 is 4.74 Å². The van der Waals surface area contributed by atoms with E-state index in [1.165, 1.54) is 51.0 Å². The standard InChI is InChI=1S/C17H23BrO2/c1-3-4-13-5-7-14(8-6-13)15-9-10-17(16(18)11-15)20-12(2)19/h9-11,13-14H,3-8H2,1-2H3. The molecule has 20 heavy (non-hydrogen) atoms. The molecule has 0 radical (unpaired) electrons. The topological polar surface area (TPSA) is 26.3 Å². The maximum absolute atomic E-state index is 11.0. The Labute approximate surface area is 130 Å². The van der Waals surface area contributed by atoms with Crippen molar-refractivity contribution in [3.05, 3.63) is 28.2 Å². The summed E-state index contributed by atoms with van der Waals surface area (Å²) in [4.78, 5) is 11.0. The van der Waals surface area contributed by atoms with Crippen molar-refractivity contribution in [2.75, 3.05) is 0 Å². The predicted octanol–water partition coefficient (Wildman–Crippen LogP) is 5.45. The van der Waals surface area contributed by atoms with Crippen LogP contribution >= 0.6 is 15.9 Å². The van der Waals surface area contributed by atoms with Gasteiger partial charge in [-0.15, -0.1) is 0 Å². The molecular weight excluding hydrogens is 316 g/mol. The number of carbonyl (C=O) groups excluding carboxylic acids is 1. The Morgan fingerprint density at radius 3 is 2.55 bits per heavy atom. The zero-order chi connectivity index (χ0) is 14.5. The Hall–Kier alpha value is -0.830. The largest absolute Gasteiger partial charge is 0.426 e. The highest BCUT2D eigenvalue weighted by molar-refractivity contribution is 9.10. The summed E-state index contributed by atoms with van der Waals surface area (Å²) in [6, 6.07) is 6.12. The number of esters is 1. The van der Waals surface area contributed by atoms with Gasteiger partial charge in [-0.3, -0.25) is 4.79 Å². The van der Waals surface area contributed by atoms with E-state index in [1.807, 2.05) is 6.07 Å². The minimum atomic E-state index is -0.279. The molecule has 1 fully saturated rings. The van der Waals surface area contributed by atoms with Gasteiger partial charge in [-0.25, -0.2) is 0 Å². The SMILES string of the molecule is CCCC1CCC(c2ccc(OC(C)=O)c(Br)c2)CC1. The third-order valence-corrected chi connectivity index (χ3v) is 4.84. The lowest BCUT2D eigenvalue weighted by Crippen LogP contribution is -2.13. The summed E-state index contributed by atoms with van der Waals surface area (Å²) in [5.41, 5.74) is 1.36. The number of halogens is 1. The van der Waals surface area contributed by atoms with Gasteiger partial charge in [-0.1, -0.05) is 25.8 Å². The van der Waals surface area contributed by atoms with Crippen LogP contribution in [0.25, 0.3) is 0 Å². The van der Waals surface area contributed by atoms with Gasteiger partial charge in [0.05, 0.1) is 4.47 Å². The van der Waals surface area contributed by atoms with Gasteiger partial charge in [-0.2, -0.15) is 0 Å². The lowest BCUT2D eigenvalue weighted by atomic mass is 9.77. The van der Waals surface area contributed by atoms with Gasteiger partial charge in [0.2, 0.25) is 0 Å². The molecule has 0 N–H and O–H groups in total. The van der Waals surface area contributed by atoms with Crippen LogP contribution in [-0.2, 0) is 4.79 Å². The number of rotatable bonds is 4. The summed E-state index contributed by atoms with van der Waals surface area (Å²) in [6.45, 7) is 3.70. The molecular formula is C17H23BrO2. The average molecular weight is 339 g/mol. The molecule has 1 aliphatic carbocycles. The molecule has 2 nitrogen and oxygen atoms in total. The van der Waals surface area contributed by atoms with Gasteiger partial charge in [-0.05, 0) is 71.1 Å². The highest BCUT2D eigenvalue weighted by Crippen LogP contribution is 2.39. The Morgan fingerprint density at radius 2 is 2.00 bits per heavy atom. The molecule has 0 saturated heterocycles. The Morgan fingerprint density at radius 1 is 1.30 bits per heavy atom. The number of ether oxygens (including phenoxy) is 1.